The van der Waals surface area contributed by atoms with Crippen molar-refractivity contribution in [1.29, 1.82) is 0 Å². The molecule has 106 valence electrons. The Labute approximate surface area is 129 Å². The number of thioether (sulfide) groups is 1. The lowest BCUT2D eigenvalue weighted by atomic mass is 10.1. The summed E-state index contributed by atoms with van der Waals surface area (Å²) < 4.78 is 0. The third-order valence-electron chi connectivity index (χ3n) is 3.46. The molecule has 3 aromatic rings. The Morgan fingerprint density at radius 1 is 1.05 bits per heavy atom. The van der Waals surface area contributed by atoms with Gasteiger partial charge in [0, 0.05) is 22.2 Å². The van der Waals surface area contributed by atoms with Crippen LogP contribution in [0.2, 0.25) is 0 Å². The van der Waals surface area contributed by atoms with Crippen LogP contribution in [0.25, 0.3) is 10.9 Å². The van der Waals surface area contributed by atoms with E-state index in [0.29, 0.717) is 0 Å². The molecule has 0 aliphatic carbocycles. The summed E-state index contributed by atoms with van der Waals surface area (Å²) in [5.41, 5.74) is 12.0. The van der Waals surface area contributed by atoms with Crippen molar-refractivity contribution in [3.05, 3.63) is 65.4 Å². The number of nitrogens with two attached hydrogens (primary N) is 1. The van der Waals surface area contributed by atoms with Gasteiger partial charge in [-0.3, -0.25) is 4.98 Å². The molecule has 0 amide bonds. The molecule has 0 radical (unpaired) electrons. The molecule has 0 saturated heterocycles. The van der Waals surface area contributed by atoms with E-state index in [4.69, 9.17) is 5.73 Å². The van der Waals surface area contributed by atoms with Gasteiger partial charge in [-0.1, -0.05) is 29.3 Å². The fraction of sp³-hybridized carbons (Fsp3) is 0.167. The molecule has 0 unspecified atom stereocenters. The molecule has 0 fully saturated rings. The first kappa shape index (κ1) is 14.0. The number of fused-ring (bicyclic) bond motifs is 1. The maximum absolute atomic E-state index is 6.28. The van der Waals surface area contributed by atoms with Crippen LogP contribution in [0.5, 0.6) is 0 Å². The van der Waals surface area contributed by atoms with Crippen LogP contribution in [-0.4, -0.2) is 4.98 Å². The molecule has 1 aromatic heterocycles. The highest BCUT2D eigenvalue weighted by Crippen LogP contribution is 2.33. The Balaban J connectivity index is 1.86. The summed E-state index contributed by atoms with van der Waals surface area (Å²) in [6.45, 7) is 4.27. The number of aryl methyl sites for hydroxylation is 2. The first-order valence-electron chi connectivity index (χ1n) is 6.96. The smallest absolute Gasteiger partial charge is 0.0723 e. The van der Waals surface area contributed by atoms with Gasteiger partial charge in [0.1, 0.15) is 0 Å². The zero-order valence-corrected chi connectivity index (χ0v) is 13.1. The molecule has 3 rings (SSSR count). The van der Waals surface area contributed by atoms with Gasteiger partial charge in [-0.05, 0) is 43.7 Å². The van der Waals surface area contributed by atoms with Crippen LogP contribution < -0.4 is 5.73 Å². The minimum absolute atomic E-state index is 0.829. The lowest BCUT2D eigenvalue weighted by Crippen LogP contribution is -1.92. The van der Waals surface area contributed by atoms with Crippen LogP contribution in [-0.2, 0) is 5.75 Å². The van der Waals surface area contributed by atoms with Crippen molar-refractivity contribution in [3.8, 4) is 0 Å². The topological polar surface area (TPSA) is 38.9 Å². The van der Waals surface area contributed by atoms with Crippen molar-refractivity contribution in [1.82, 2.24) is 4.98 Å². The van der Waals surface area contributed by atoms with E-state index in [-0.39, 0.29) is 0 Å². The molecule has 0 saturated carbocycles. The lowest BCUT2D eigenvalue weighted by Gasteiger charge is -2.09. The number of hydrogen-bond acceptors (Lipinski definition) is 3. The van der Waals surface area contributed by atoms with Crippen molar-refractivity contribution >= 4 is 28.4 Å². The molecule has 0 bridgehead atoms. The molecular weight excluding hydrogens is 276 g/mol. The summed E-state index contributed by atoms with van der Waals surface area (Å²) in [5.74, 6) is 0.929. The van der Waals surface area contributed by atoms with Crippen LogP contribution in [0, 0.1) is 13.8 Å². The van der Waals surface area contributed by atoms with Crippen LogP contribution in [0.4, 0.5) is 5.69 Å². The molecule has 0 atom stereocenters. The summed E-state index contributed by atoms with van der Waals surface area (Å²) in [6.07, 6.45) is 1.80. The number of aromatic nitrogens is 1. The summed E-state index contributed by atoms with van der Waals surface area (Å²) in [7, 11) is 0. The number of nitrogen functional groups attached to an aromatic ring is 1. The summed E-state index contributed by atoms with van der Waals surface area (Å²) in [6, 6.07) is 14.7. The lowest BCUT2D eigenvalue weighted by molar-refractivity contribution is 1.29. The van der Waals surface area contributed by atoms with E-state index < -0.39 is 0 Å². The van der Waals surface area contributed by atoms with Gasteiger partial charge in [-0.25, -0.2) is 0 Å². The maximum Gasteiger partial charge on any atom is 0.0723 e. The molecule has 2 nitrogen and oxygen atoms in total. The van der Waals surface area contributed by atoms with Gasteiger partial charge in [0.15, 0.2) is 0 Å². The SMILES string of the molecule is Cc1cc(C)cc(CSc2ccc3ncccc3c2N)c1. The third-order valence-corrected chi connectivity index (χ3v) is 4.61. The van der Waals surface area contributed by atoms with Crippen LogP contribution in [0.1, 0.15) is 16.7 Å². The predicted octanol–water partition coefficient (Wildman–Crippen LogP) is 4.73. The number of anilines is 1. The number of rotatable bonds is 3. The van der Waals surface area contributed by atoms with Crippen LogP contribution in [0.15, 0.2) is 53.6 Å². The summed E-state index contributed by atoms with van der Waals surface area (Å²) >= 11 is 1.78. The minimum Gasteiger partial charge on any atom is -0.397 e. The zero-order valence-electron chi connectivity index (χ0n) is 12.3. The standard InChI is InChI=1S/C18H18N2S/c1-12-8-13(2)10-14(9-12)11-21-17-6-5-16-15(18(17)19)4-3-7-20-16/h3-10H,11,19H2,1-2H3. The molecule has 0 aliphatic rings. The third kappa shape index (κ3) is 3.03. The highest BCUT2D eigenvalue weighted by atomic mass is 32.2. The van der Waals surface area contributed by atoms with Crippen molar-refractivity contribution in [2.24, 2.45) is 0 Å². The molecule has 1 heterocycles. The molecule has 2 aromatic carbocycles. The van der Waals surface area contributed by atoms with Crippen molar-refractivity contribution in [3.63, 3.8) is 0 Å². The van der Waals surface area contributed by atoms with Crippen LogP contribution >= 0.6 is 11.8 Å². The second-order valence-electron chi connectivity index (χ2n) is 5.33. The van der Waals surface area contributed by atoms with Crippen molar-refractivity contribution in [2.75, 3.05) is 5.73 Å². The van der Waals surface area contributed by atoms with Crippen molar-refractivity contribution in [2.45, 2.75) is 24.5 Å². The predicted molar refractivity (Wildman–Crippen MR) is 91.6 cm³/mol. The molecule has 21 heavy (non-hydrogen) atoms. The number of nitrogens with zero attached hydrogens (tertiary/aromatic N) is 1. The van der Waals surface area contributed by atoms with Gasteiger partial charge in [-0.2, -0.15) is 0 Å². The Morgan fingerprint density at radius 2 is 1.81 bits per heavy atom. The number of pyridine rings is 1. The fourth-order valence-corrected chi connectivity index (χ4v) is 3.51. The van der Waals surface area contributed by atoms with E-state index in [1.165, 1.54) is 16.7 Å². The second kappa shape index (κ2) is 5.78. The minimum atomic E-state index is 0.829. The molecular formula is C18H18N2S. The van der Waals surface area contributed by atoms with E-state index >= 15 is 0 Å². The van der Waals surface area contributed by atoms with Gasteiger partial charge in [0.25, 0.3) is 0 Å². The Bertz CT molecular complexity index is 776. The molecule has 2 N–H and O–H groups in total. The summed E-state index contributed by atoms with van der Waals surface area (Å²) in [5, 5.41) is 1.03. The largest absolute Gasteiger partial charge is 0.397 e. The number of benzene rings is 2. The first-order valence-corrected chi connectivity index (χ1v) is 7.95. The molecule has 3 heteroatoms. The Kier molecular flexibility index (Phi) is 3.84. The average Bonchev–Trinajstić information content (AvgIpc) is 2.46. The maximum atomic E-state index is 6.28. The van der Waals surface area contributed by atoms with E-state index in [9.17, 15) is 0 Å². The van der Waals surface area contributed by atoms with Crippen LogP contribution in [0.3, 0.4) is 0 Å². The van der Waals surface area contributed by atoms with Gasteiger partial charge in [0.2, 0.25) is 0 Å². The van der Waals surface area contributed by atoms with Gasteiger partial charge in [0.05, 0.1) is 11.2 Å². The summed E-state index contributed by atoms with van der Waals surface area (Å²) in [4.78, 5) is 5.46. The normalized spacial score (nSPS) is 11.0. The quantitative estimate of drug-likeness (QED) is 0.561. The second-order valence-corrected chi connectivity index (χ2v) is 6.35. The van der Waals surface area contributed by atoms with Gasteiger partial charge in [-0.15, -0.1) is 11.8 Å². The van der Waals surface area contributed by atoms with E-state index in [2.05, 4.69) is 43.1 Å². The number of hydrogen-bond donors (Lipinski definition) is 1. The first-order chi connectivity index (χ1) is 10.1. The highest BCUT2D eigenvalue weighted by molar-refractivity contribution is 7.98. The van der Waals surface area contributed by atoms with Crippen molar-refractivity contribution < 1.29 is 0 Å². The van der Waals surface area contributed by atoms with Gasteiger partial charge >= 0.3 is 0 Å². The van der Waals surface area contributed by atoms with E-state index in [1.807, 2.05) is 18.2 Å². The monoisotopic (exact) mass is 294 g/mol. The average molecular weight is 294 g/mol. The Hall–Kier alpha value is -2.00. The molecule has 0 aliphatic heterocycles. The van der Waals surface area contributed by atoms with E-state index in [0.717, 1.165) is 27.2 Å². The highest BCUT2D eigenvalue weighted by Gasteiger charge is 2.06. The Morgan fingerprint density at radius 3 is 2.57 bits per heavy atom. The fourth-order valence-electron chi connectivity index (χ4n) is 2.59. The van der Waals surface area contributed by atoms with E-state index in [1.54, 1.807) is 18.0 Å². The van der Waals surface area contributed by atoms with Gasteiger partial charge < -0.3 is 5.73 Å². The zero-order chi connectivity index (χ0) is 14.8. The molecule has 0 spiro atoms.